The number of hydrogen-bond donors (Lipinski definition) is 0. The van der Waals surface area contributed by atoms with Crippen LogP contribution in [0.2, 0.25) is 0 Å². The number of carbonyl (C=O) groups is 2. The van der Waals surface area contributed by atoms with E-state index in [0.29, 0.717) is 6.61 Å². The molecule has 0 amide bonds. The highest BCUT2D eigenvalue weighted by molar-refractivity contribution is 5.69. The molecule has 7 heteroatoms. The summed E-state index contributed by atoms with van der Waals surface area (Å²) < 4.78 is 26.8. The standard InChI is InChI=1S/C13H18O7/c1-7(14)18-9-5-16-11(12(9)19-8(2)15)10-6-17-13(3,4)20-10/h10-11H,5-6H2,1-4H3. The van der Waals surface area contributed by atoms with Crippen LogP contribution in [0.5, 0.6) is 0 Å². The molecule has 7 nitrogen and oxygen atoms in total. The highest BCUT2D eigenvalue weighted by Gasteiger charge is 2.44. The van der Waals surface area contributed by atoms with Crippen molar-refractivity contribution in [1.82, 2.24) is 0 Å². The molecular weight excluding hydrogens is 268 g/mol. The van der Waals surface area contributed by atoms with Gasteiger partial charge in [0.1, 0.15) is 18.8 Å². The van der Waals surface area contributed by atoms with Gasteiger partial charge in [-0.3, -0.25) is 9.59 Å². The third kappa shape index (κ3) is 3.36. The summed E-state index contributed by atoms with van der Waals surface area (Å²) in [7, 11) is 0. The van der Waals surface area contributed by atoms with E-state index < -0.39 is 29.9 Å². The third-order valence-corrected chi connectivity index (χ3v) is 2.82. The Kier molecular flexibility index (Phi) is 4.12. The molecule has 2 rings (SSSR count). The summed E-state index contributed by atoms with van der Waals surface area (Å²) in [5.74, 6) is -1.36. The van der Waals surface area contributed by atoms with Crippen LogP contribution in [0, 0.1) is 0 Å². The van der Waals surface area contributed by atoms with E-state index in [2.05, 4.69) is 0 Å². The van der Waals surface area contributed by atoms with Gasteiger partial charge in [0.25, 0.3) is 0 Å². The van der Waals surface area contributed by atoms with Crippen LogP contribution >= 0.6 is 0 Å². The molecule has 0 aromatic heterocycles. The van der Waals surface area contributed by atoms with Crippen molar-refractivity contribution < 1.29 is 33.3 Å². The second-order valence-corrected chi connectivity index (χ2v) is 5.07. The zero-order valence-corrected chi connectivity index (χ0v) is 11.9. The molecule has 0 aliphatic carbocycles. The molecule has 1 fully saturated rings. The first kappa shape index (κ1) is 15.0. The van der Waals surface area contributed by atoms with Crippen LogP contribution in [0.25, 0.3) is 0 Å². The average Bonchev–Trinajstić information content (AvgIpc) is 2.82. The normalized spacial score (nSPS) is 28.6. The zero-order valence-electron chi connectivity index (χ0n) is 11.9. The summed E-state index contributed by atoms with van der Waals surface area (Å²) in [6.07, 6.45) is -1.05. The van der Waals surface area contributed by atoms with E-state index in [4.69, 9.17) is 23.7 Å². The number of ether oxygens (including phenoxy) is 5. The molecule has 2 heterocycles. The summed E-state index contributed by atoms with van der Waals surface area (Å²) in [5, 5.41) is 0. The third-order valence-electron chi connectivity index (χ3n) is 2.82. The van der Waals surface area contributed by atoms with Crippen LogP contribution < -0.4 is 0 Å². The summed E-state index contributed by atoms with van der Waals surface area (Å²) in [5.41, 5.74) is 0. The molecule has 0 aromatic rings. The van der Waals surface area contributed by atoms with Gasteiger partial charge in [0.2, 0.25) is 0 Å². The maximum atomic E-state index is 11.2. The molecule has 2 aliphatic heterocycles. The smallest absolute Gasteiger partial charge is 0.307 e. The van der Waals surface area contributed by atoms with Gasteiger partial charge in [0.15, 0.2) is 17.3 Å². The Morgan fingerprint density at radius 1 is 1.20 bits per heavy atom. The lowest BCUT2D eigenvalue weighted by Crippen LogP contribution is -2.33. The first-order chi connectivity index (χ1) is 9.28. The molecule has 1 saturated heterocycles. The second kappa shape index (κ2) is 5.51. The lowest BCUT2D eigenvalue weighted by atomic mass is 10.2. The van der Waals surface area contributed by atoms with Crippen molar-refractivity contribution >= 4 is 11.9 Å². The molecular formula is C13H18O7. The van der Waals surface area contributed by atoms with Crippen molar-refractivity contribution in [3.05, 3.63) is 11.5 Å². The Bertz CT molecular complexity index is 452. The van der Waals surface area contributed by atoms with Crippen molar-refractivity contribution in [1.29, 1.82) is 0 Å². The molecule has 0 bridgehead atoms. The molecule has 2 unspecified atom stereocenters. The summed E-state index contributed by atoms with van der Waals surface area (Å²) in [6.45, 7) is 6.45. The maximum Gasteiger partial charge on any atom is 0.307 e. The van der Waals surface area contributed by atoms with Gasteiger partial charge >= 0.3 is 11.9 Å². The van der Waals surface area contributed by atoms with Gasteiger partial charge in [0.05, 0.1) is 6.61 Å². The zero-order chi connectivity index (χ0) is 14.9. The molecule has 0 saturated carbocycles. The van der Waals surface area contributed by atoms with E-state index in [-0.39, 0.29) is 18.1 Å². The van der Waals surface area contributed by atoms with E-state index in [1.165, 1.54) is 13.8 Å². The van der Waals surface area contributed by atoms with Gasteiger partial charge in [-0.15, -0.1) is 0 Å². The van der Waals surface area contributed by atoms with Crippen LogP contribution in [-0.4, -0.2) is 43.1 Å². The van der Waals surface area contributed by atoms with Gasteiger partial charge < -0.3 is 23.7 Å². The fourth-order valence-electron chi connectivity index (χ4n) is 2.13. The molecule has 112 valence electrons. The Morgan fingerprint density at radius 2 is 1.85 bits per heavy atom. The SMILES string of the molecule is CC(=O)OC1=C(OC(C)=O)C(C2COC(C)(C)O2)OC1. The van der Waals surface area contributed by atoms with E-state index >= 15 is 0 Å². The van der Waals surface area contributed by atoms with Gasteiger partial charge in [-0.2, -0.15) is 0 Å². The lowest BCUT2D eigenvalue weighted by Gasteiger charge is -2.21. The average molecular weight is 286 g/mol. The number of hydrogen-bond acceptors (Lipinski definition) is 7. The first-order valence-corrected chi connectivity index (χ1v) is 6.32. The molecule has 0 spiro atoms. The Hall–Kier alpha value is -1.44. The monoisotopic (exact) mass is 286 g/mol. The fourth-order valence-corrected chi connectivity index (χ4v) is 2.13. The van der Waals surface area contributed by atoms with Crippen molar-refractivity contribution in [2.24, 2.45) is 0 Å². The predicted molar refractivity (Wildman–Crippen MR) is 65.2 cm³/mol. The van der Waals surface area contributed by atoms with Crippen LogP contribution in [0.1, 0.15) is 27.7 Å². The lowest BCUT2D eigenvalue weighted by molar-refractivity contribution is -0.155. The molecule has 0 aromatic carbocycles. The molecule has 20 heavy (non-hydrogen) atoms. The van der Waals surface area contributed by atoms with Crippen molar-refractivity contribution in [3.8, 4) is 0 Å². The van der Waals surface area contributed by atoms with E-state index in [1.54, 1.807) is 13.8 Å². The van der Waals surface area contributed by atoms with E-state index in [0.717, 1.165) is 0 Å². The topological polar surface area (TPSA) is 80.3 Å². The van der Waals surface area contributed by atoms with Crippen LogP contribution in [0.3, 0.4) is 0 Å². The van der Waals surface area contributed by atoms with E-state index in [1.807, 2.05) is 0 Å². The summed E-state index contributed by atoms with van der Waals surface area (Å²) in [6, 6.07) is 0. The minimum absolute atomic E-state index is 0.0488. The fraction of sp³-hybridized carbons (Fsp3) is 0.692. The minimum Gasteiger partial charge on any atom is -0.425 e. The summed E-state index contributed by atoms with van der Waals surface area (Å²) >= 11 is 0. The first-order valence-electron chi connectivity index (χ1n) is 6.32. The van der Waals surface area contributed by atoms with Gasteiger partial charge in [-0.25, -0.2) is 0 Å². The van der Waals surface area contributed by atoms with Crippen LogP contribution in [0.15, 0.2) is 11.5 Å². The highest BCUT2D eigenvalue weighted by atomic mass is 16.8. The van der Waals surface area contributed by atoms with Crippen LogP contribution in [0.4, 0.5) is 0 Å². The summed E-state index contributed by atoms with van der Waals surface area (Å²) in [4.78, 5) is 22.2. The van der Waals surface area contributed by atoms with Gasteiger partial charge in [-0.1, -0.05) is 0 Å². The predicted octanol–water partition coefficient (Wildman–Crippen LogP) is 0.875. The van der Waals surface area contributed by atoms with Crippen LogP contribution in [-0.2, 0) is 33.3 Å². The largest absolute Gasteiger partial charge is 0.425 e. The van der Waals surface area contributed by atoms with Crippen molar-refractivity contribution in [2.75, 3.05) is 13.2 Å². The number of carbonyl (C=O) groups excluding carboxylic acids is 2. The number of esters is 2. The Morgan fingerprint density at radius 3 is 2.35 bits per heavy atom. The Balaban J connectivity index is 2.18. The molecule has 2 aliphatic rings. The van der Waals surface area contributed by atoms with E-state index in [9.17, 15) is 9.59 Å². The molecule has 2 atom stereocenters. The number of rotatable bonds is 3. The molecule has 0 N–H and O–H groups in total. The molecule has 0 radical (unpaired) electrons. The highest BCUT2D eigenvalue weighted by Crippen LogP contribution is 2.33. The maximum absolute atomic E-state index is 11.2. The Labute approximate surface area is 116 Å². The van der Waals surface area contributed by atoms with Crippen molar-refractivity contribution in [2.45, 2.75) is 45.7 Å². The quantitative estimate of drug-likeness (QED) is 0.712. The second-order valence-electron chi connectivity index (χ2n) is 5.07. The minimum atomic E-state index is -0.723. The van der Waals surface area contributed by atoms with Crippen molar-refractivity contribution in [3.63, 3.8) is 0 Å². The van der Waals surface area contributed by atoms with Gasteiger partial charge in [-0.05, 0) is 13.8 Å². The van der Waals surface area contributed by atoms with Gasteiger partial charge in [0, 0.05) is 13.8 Å².